The van der Waals surface area contributed by atoms with Crippen LogP contribution in [0.1, 0.15) is 46.0 Å². The van der Waals surface area contributed by atoms with Gasteiger partial charge in [-0.1, -0.05) is 19.3 Å². The second-order valence-electron chi connectivity index (χ2n) is 3.27. The Labute approximate surface area is 79.9 Å². The van der Waals surface area contributed by atoms with Crippen LogP contribution in [-0.4, -0.2) is 18.2 Å². The van der Waals surface area contributed by atoms with Crippen LogP contribution in [0.3, 0.4) is 0 Å². The number of carbonyl (C=O) groups is 2. The Kier molecular flexibility index (Phi) is 7.26. The standard InChI is InChI=1S/C8H15NO.C2H4O/c1-7(10)9-8-5-3-2-4-6-8;1-2-3/h8H,2-6H2,1H3,(H,9,10);2H,1H3. The summed E-state index contributed by atoms with van der Waals surface area (Å²) < 4.78 is 0. The molecule has 0 saturated heterocycles. The van der Waals surface area contributed by atoms with Crippen LogP contribution in [0.4, 0.5) is 0 Å². The number of hydrogen-bond donors (Lipinski definition) is 1. The van der Waals surface area contributed by atoms with Crippen molar-refractivity contribution in [3.63, 3.8) is 0 Å². The van der Waals surface area contributed by atoms with Crippen LogP contribution in [0.15, 0.2) is 0 Å². The van der Waals surface area contributed by atoms with Crippen molar-refractivity contribution in [3.8, 4) is 0 Å². The minimum atomic E-state index is 0.118. The average Bonchev–Trinajstić information content (AvgIpc) is 2.06. The summed E-state index contributed by atoms with van der Waals surface area (Å²) in [5.74, 6) is 0.118. The lowest BCUT2D eigenvalue weighted by Crippen LogP contribution is -2.34. The van der Waals surface area contributed by atoms with Crippen LogP contribution < -0.4 is 5.32 Å². The van der Waals surface area contributed by atoms with Gasteiger partial charge in [-0.15, -0.1) is 0 Å². The van der Waals surface area contributed by atoms with E-state index in [1.165, 1.54) is 39.0 Å². The maximum absolute atomic E-state index is 10.6. The minimum Gasteiger partial charge on any atom is -0.354 e. The molecule has 1 rings (SSSR count). The molecule has 3 heteroatoms. The predicted octanol–water partition coefficient (Wildman–Crippen LogP) is 1.66. The Bertz CT molecular complexity index is 151. The zero-order valence-electron chi connectivity index (χ0n) is 8.51. The first-order valence-corrected chi connectivity index (χ1v) is 4.87. The summed E-state index contributed by atoms with van der Waals surface area (Å²) in [7, 11) is 0. The van der Waals surface area contributed by atoms with Crippen LogP contribution in [0.5, 0.6) is 0 Å². The molecule has 1 N–H and O–H groups in total. The third kappa shape index (κ3) is 7.50. The highest BCUT2D eigenvalue weighted by molar-refractivity contribution is 5.73. The van der Waals surface area contributed by atoms with Crippen LogP contribution in [0.2, 0.25) is 0 Å². The van der Waals surface area contributed by atoms with Gasteiger partial charge in [0.15, 0.2) is 0 Å². The van der Waals surface area contributed by atoms with Gasteiger partial charge in [0.1, 0.15) is 6.29 Å². The molecule has 1 aliphatic carbocycles. The maximum atomic E-state index is 10.6. The molecule has 1 saturated carbocycles. The van der Waals surface area contributed by atoms with E-state index in [4.69, 9.17) is 4.79 Å². The van der Waals surface area contributed by atoms with Gasteiger partial charge in [0.2, 0.25) is 5.91 Å². The summed E-state index contributed by atoms with van der Waals surface area (Å²) in [5.41, 5.74) is 0. The first-order chi connectivity index (χ1) is 6.20. The van der Waals surface area contributed by atoms with Gasteiger partial charge in [-0.3, -0.25) is 4.79 Å². The summed E-state index contributed by atoms with van der Waals surface area (Å²) in [6.07, 6.45) is 7.02. The largest absolute Gasteiger partial charge is 0.354 e. The van der Waals surface area contributed by atoms with E-state index in [-0.39, 0.29) is 5.91 Å². The van der Waals surface area contributed by atoms with Gasteiger partial charge in [0, 0.05) is 13.0 Å². The topological polar surface area (TPSA) is 46.2 Å². The molecular weight excluding hydrogens is 166 g/mol. The molecule has 1 amide bonds. The monoisotopic (exact) mass is 185 g/mol. The number of nitrogens with one attached hydrogen (secondary N) is 1. The molecule has 3 nitrogen and oxygen atoms in total. The van der Waals surface area contributed by atoms with Crippen molar-refractivity contribution in [2.45, 2.75) is 52.0 Å². The predicted molar refractivity (Wildman–Crippen MR) is 52.4 cm³/mol. The molecule has 0 unspecified atom stereocenters. The van der Waals surface area contributed by atoms with E-state index in [1.54, 1.807) is 6.92 Å². The van der Waals surface area contributed by atoms with E-state index >= 15 is 0 Å². The van der Waals surface area contributed by atoms with E-state index in [2.05, 4.69) is 5.32 Å². The van der Waals surface area contributed by atoms with Crippen molar-refractivity contribution in [1.82, 2.24) is 5.32 Å². The fourth-order valence-electron chi connectivity index (χ4n) is 1.53. The molecule has 76 valence electrons. The van der Waals surface area contributed by atoms with Crippen molar-refractivity contribution >= 4 is 12.2 Å². The summed E-state index contributed by atoms with van der Waals surface area (Å²) >= 11 is 0. The third-order valence-electron chi connectivity index (χ3n) is 2.01. The van der Waals surface area contributed by atoms with Gasteiger partial charge in [0.05, 0.1) is 0 Å². The maximum Gasteiger partial charge on any atom is 0.217 e. The van der Waals surface area contributed by atoms with Crippen LogP contribution in [0, 0.1) is 0 Å². The molecule has 1 fully saturated rings. The smallest absolute Gasteiger partial charge is 0.217 e. The van der Waals surface area contributed by atoms with E-state index in [1.807, 2.05) is 0 Å². The third-order valence-corrected chi connectivity index (χ3v) is 2.01. The molecule has 0 aliphatic heterocycles. The number of rotatable bonds is 1. The van der Waals surface area contributed by atoms with Crippen molar-refractivity contribution in [2.24, 2.45) is 0 Å². The molecule has 0 atom stereocenters. The fourth-order valence-corrected chi connectivity index (χ4v) is 1.53. The van der Waals surface area contributed by atoms with Gasteiger partial charge in [-0.25, -0.2) is 0 Å². The molecule has 1 aliphatic rings. The number of carbonyl (C=O) groups excluding carboxylic acids is 2. The lowest BCUT2D eigenvalue weighted by molar-refractivity contribution is -0.119. The van der Waals surface area contributed by atoms with Gasteiger partial charge in [0.25, 0.3) is 0 Å². The van der Waals surface area contributed by atoms with Crippen LogP contribution in [0.25, 0.3) is 0 Å². The second kappa shape index (κ2) is 7.77. The molecule has 0 aromatic rings. The molecule has 0 radical (unpaired) electrons. The van der Waals surface area contributed by atoms with E-state index in [0.29, 0.717) is 6.04 Å². The Morgan fingerprint density at radius 1 is 1.31 bits per heavy atom. The number of amides is 1. The molecule has 0 aromatic heterocycles. The minimum absolute atomic E-state index is 0.118. The lowest BCUT2D eigenvalue weighted by atomic mass is 9.95. The number of aldehydes is 1. The Hall–Kier alpha value is -0.860. The van der Waals surface area contributed by atoms with Gasteiger partial charge >= 0.3 is 0 Å². The highest BCUT2D eigenvalue weighted by Gasteiger charge is 2.12. The lowest BCUT2D eigenvalue weighted by Gasteiger charge is -2.21. The summed E-state index contributed by atoms with van der Waals surface area (Å²) in [6.45, 7) is 3.04. The van der Waals surface area contributed by atoms with Crippen molar-refractivity contribution in [2.75, 3.05) is 0 Å². The Morgan fingerprint density at radius 2 is 1.77 bits per heavy atom. The van der Waals surface area contributed by atoms with E-state index in [9.17, 15) is 4.79 Å². The molecule has 13 heavy (non-hydrogen) atoms. The SMILES string of the molecule is CC(=O)NC1CCCCC1.CC=O. The van der Waals surface area contributed by atoms with E-state index < -0.39 is 0 Å². The van der Waals surface area contributed by atoms with Gasteiger partial charge < -0.3 is 10.1 Å². The summed E-state index contributed by atoms with van der Waals surface area (Å²) in [4.78, 5) is 19.4. The average molecular weight is 185 g/mol. The van der Waals surface area contributed by atoms with Crippen molar-refractivity contribution in [3.05, 3.63) is 0 Å². The molecule has 0 bridgehead atoms. The summed E-state index contributed by atoms with van der Waals surface area (Å²) in [5, 5.41) is 2.94. The fraction of sp³-hybridized carbons (Fsp3) is 0.800. The summed E-state index contributed by atoms with van der Waals surface area (Å²) in [6, 6.07) is 0.478. The molecule has 0 spiro atoms. The number of hydrogen-bond acceptors (Lipinski definition) is 2. The van der Waals surface area contributed by atoms with Crippen LogP contribution >= 0.6 is 0 Å². The van der Waals surface area contributed by atoms with Gasteiger partial charge in [-0.05, 0) is 19.8 Å². The quantitative estimate of drug-likeness (QED) is 0.631. The molecular formula is C10H19NO2. The van der Waals surface area contributed by atoms with E-state index in [0.717, 1.165) is 6.29 Å². The highest BCUT2D eigenvalue weighted by Crippen LogP contribution is 2.16. The Morgan fingerprint density at radius 3 is 2.15 bits per heavy atom. The van der Waals surface area contributed by atoms with Crippen molar-refractivity contribution in [1.29, 1.82) is 0 Å². The zero-order valence-corrected chi connectivity index (χ0v) is 8.51. The first kappa shape index (κ1) is 12.1. The molecule has 0 heterocycles. The van der Waals surface area contributed by atoms with Crippen LogP contribution in [-0.2, 0) is 9.59 Å². The second-order valence-corrected chi connectivity index (χ2v) is 3.27. The molecule has 0 aromatic carbocycles. The normalized spacial score (nSPS) is 16.8. The Balaban J connectivity index is 0.000000424. The zero-order chi connectivity index (χ0) is 10.1. The highest BCUT2D eigenvalue weighted by atomic mass is 16.1. The van der Waals surface area contributed by atoms with Crippen molar-refractivity contribution < 1.29 is 9.59 Å². The van der Waals surface area contributed by atoms with Gasteiger partial charge in [-0.2, -0.15) is 0 Å². The first-order valence-electron chi connectivity index (χ1n) is 4.87.